The van der Waals surface area contributed by atoms with Crippen molar-refractivity contribution in [1.29, 1.82) is 0 Å². The molecule has 0 N–H and O–H groups in total. The fourth-order valence-corrected chi connectivity index (χ4v) is 2.14. The molecule has 0 saturated heterocycles. The average molecular weight is 237 g/mol. The van der Waals surface area contributed by atoms with Crippen LogP contribution < -0.4 is 0 Å². The minimum atomic E-state index is -0.226. The number of aryl methyl sites for hydroxylation is 1. The van der Waals surface area contributed by atoms with Gasteiger partial charge < -0.3 is 0 Å². The number of benzene rings is 2. The quantitative estimate of drug-likeness (QED) is 0.613. The van der Waals surface area contributed by atoms with Crippen LogP contribution in [0.4, 0.5) is 4.39 Å². The van der Waals surface area contributed by atoms with E-state index in [4.69, 9.17) is 0 Å². The molecule has 0 spiro atoms. The maximum Gasteiger partial charge on any atom is 0.123 e. The van der Waals surface area contributed by atoms with E-state index < -0.39 is 0 Å². The van der Waals surface area contributed by atoms with Crippen LogP contribution in [0, 0.1) is 12.7 Å². The lowest BCUT2D eigenvalue weighted by molar-refractivity contribution is 0.629. The molecule has 0 bridgehead atoms. The molecule has 2 aromatic carbocycles. The summed E-state index contributed by atoms with van der Waals surface area (Å²) in [6.07, 6.45) is 0. The Morgan fingerprint density at radius 1 is 0.944 bits per heavy atom. The van der Waals surface area contributed by atoms with E-state index in [-0.39, 0.29) is 5.82 Å². The summed E-state index contributed by atoms with van der Waals surface area (Å²) in [5, 5.41) is 0.840. The number of hydrogen-bond acceptors (Lipinski definition) is 1. The van der Waals surface area contributed by atoms with Crippen molar-refractivity contribution in [3.05, 3.63) is 66.0 Å². The molecule has 0 radical (unpaired) electrons. The second kappa shape index (κ2) is 4.22. The molecule has 2 heteroatoms. The van der Waals surface area contributed by atoms with E-state index in [0.29, 0.717) is 0 Å². The van der Waals surface area contributed by atoms with Crippen LogP contribution in [-0.4, -0.2) is 4.98 Å². The molecule has 3 rings (SSSR count). The van der Waals surface area contributed by atoms with E-state index >= 15 is 0 Å². The summed E-state index contributed by atoms with van der Waals surface area (Å²) in [5.74, 6) is -0.226. The molecule has 1 aromatic heterocycles. The summed E-state index contributed by atoms with van der Waals surface area (Å²) in [7, 11) is 0. The highest BCUT2D eigenvalue weighted by molar-refractivity contribution is 5.83. The van der Waals surface area contributed by atoms with Crippen LogP contribution >= 0.6 is 0 Å². The van der Waals surface area contributed by atoms with Crippen molar-refractivity contribution in [2.45, 2.75) is 6.92 Å². The Morgan fingerprint density at radius 3 is 2.50 bits per heavy atom. The Hall–Kier alpha value is -2.22. The molecule has 18 heavy (non-hydrogen) atoms. The zero-order valence-corrected chi connectivity index (χ0v) is 10.0. The molecule has 0 amide bonds. The predicted molar refractivity (Wildman–Crippen MR) is 71.9 cm³/mol. The van der Waals surface area contributed by atoms with Crippen molar-refractivity contribution < 1.29 is 4.39 Å². The van der Waals surface area contributed by atoms with E-state index in [2.05, 4.69) is 4.98 Å². The van der Waals surface area contributed by atoms with Crippen LogP contribution in [0.15, 0.2) is 54.6 Å². The molecular formula is C16H12FN. The monoisotopic (exact) mass is 237 g/mol. The van der Waals surface area contributed by atoms with Crippen molar-refractivity contribution >= 4 is 10.9 Å². The third-order valence-corrected chi connectivity index (χ3v) is 3.01. The van der Waals surface area contributed by atoms with Crippen molar-refractivity contribution in [2.75, 3.05) is 0 Å². The van der Waals surface area contributed by atoms with Crippen molar-refractivity contribution in [1.82, 2.24) is 4.98 Å². The number of pyridine rings is 1. The van der Waals surface area contributed by atoms with E-state index in [0.717, 1.165) is 27.7 Å². The van der Waals surface area contributed by atoms with Gasteiger partial charge >= 0.3 is 0 Å². The molecule has 0 fully saturated rings. The Bertz CT molecular complexity index is 705. The van der Waals surface area contributed by atoms with E-state index in [1.165, 1.54) is 12.1 Å². The normalized spacial score (nSPS) is 10.8. The predicted octanol–water partition coefficient (Wildman–Crippen LogP) is 4.35. The van der Waals surface area contributed by atoms with Crippen LogP contribution in [0.1, 0.15) is 5.56 Å². The Kier molecular flexibility index (Phi) is 2.56. The minimum Gasteiger partial charge on any atom is -0.248 e. The molecule has 1 heterocycles. The van der Waals surface area contributed by atoms with Gasteiger partial charge in [-0.15, -0.1) is 0 Å². The number of halogens is 1. The molecule has 0 aliphatic carbocycles. The smallest absolute Gasteiger partial charge is 0.123 e. The first-order valence-electron chi connectivity index (χ1n) is 5.86. The van der Waals surface area contributed by atoms with Gasteiger partial charge in [-0.3, -0.25) is 0 Å². The Labute approximate surface area is 105 Å². The number of hydrogen-bond donors (Lipinski definition) is 0. The summed E-state index contributed by atoms with van der Waals surface area (Å²) in [6.45, 7) is 2.00. The molecule has 1 nitrogen and oxygen atoms in total. The zero-order chi connectivity index (χ0) is 12.5. The van der Waals surface area contributed by atoms with Gasteiger partial charge in [0.25, 0.3) is 0 Å². The first-order valence-corrected chi connectivity index (χ1v) is 5.86. The lowest BCUT2D eigenvalue weighted by atomic mass is 10.0. The highest BCUT2D eigenvalue weighted by Gasteiger charge is 2.06. The molecule has 0 aliphatic rings. The molecule has 0 atom stereocenters. The van der Waals surface area contributed by atoms with Gasteiger partial charge in [0, 0.05) is 10.9 Å². The standard InChI is InChI=1S/C16H12FN/c1-11-9-13-10-14(17)7-8-15(13)18-16(11)12-5-3-2-4-6-12/h2-10H,1H3. The van der Waals surface area contributed by atoms with Crippen LogP contribution in [-0.2, 0) is 0 Å². The average Bonchev–Trinajstić information content (AvgIpc) is 2.39. The Balaban J connectivity index is 2.25. The number of aromatic nitrogens is 1. The first-order chi connectivity index (χ1) is 8.74. The fourth-order valence-electron chi connectivity index (χ4n) is 2.14. The largest absolute Gasteiger partial charge is 0.248 e. The third kappa shape index (κ3) is 1.86. The van der Waals surface area contributed by atoms with Crippen molar-refractivity contribution in [2.24, 2.45) is 0 Å². The van der Waals surface area contributed by atoms with Crippen LogP contribution in [0.25, 0.3) is 22.2 Å². The highest BCUT2D eigenvalue weighted by Crippen LogP contribution is 2.25. The summed E-state index contributed by atoms with van der Waals surface area (Å²) in [5.41, 5.74) is 3.91. The molecular weight excluding hydrogens is 225 g/mol. The van der Waals surface area contributed by atoms with Gasteiger partial charge in [0.2, 0.25) is 0 Å². The summed E-state index contributed by atoms with van der Waals surface area (Å²) in [4.78, 5) is 4.62. The molecule has 0 unspecified atom stereocenters. The molecule has 3 aromatic rings. The summed E-state index contributed by atoms with van der Waals surface area (Å²) >= 11 is 0. The fraction of sp³-hybridized carbons (Fsp3) is 0.0625. The van der Waals surface area contributed by atoms with Gasteiger partial charge in [-0.2, -0.15) is 0 Å². The van der Waals surface area contributed by atoms with E-state index in [1.807, 2.05) is 43.3 Å². The topological polar surface area (TPSA) is 12.9 Å². The van der Waals surface area contributed by atoms with Gasteiger partial charge in [0.1, 0.15) is 5.82 Å². The second-order valence-electron chi connectivity index (χ2n) is 4.36. The molecule has 88 valence electrons. The minimum absolute atomic E-state index is 0.226. The van der Waals surface area contributed by atoms with Gasteiger partial charge in [-0.05, 0) is 36.8 Å². The maximum absolute atomic E-state index is 13.2. The van der Waals surface area contributed by atoms with E-state index in [1.54, 1.807) is 6.07 Å². The van der Waals surface area contributed by atoms with Gasteiger partial charge in [0.15, 0.2) is 0 Å². The highest BCUT2D eigenvalue weighted by atomic mass is 19.1. The van der Waals surface area contributed by atoms with Gasteiger partial charge in [0.05, 0.1) is 11.2 Å². The zero-order valence-electron chi connectivity index (χ0n) is 10.0. The van der Waals surface area contributed by atoms with E-state index in [9.17, 15) is 4.39 Å². The lowest BCUT2D eigenvalue weighted by Gasteiger charge is -2.07. The van der Waals surface area contributed by atoms with Gasteiger partial charge in [-0.1, -0.05) is 30.3 Å². The Morgan fingerprint density at radius 2 is 1.72 bits per heavy atom. The second-order valence-corrected chi connectivity index (χ2v) is 4.36. The first kappa shape index (κ1) is 10.9. The van der Waals surface area contributed by atoms with Crippen molar-refractivity contribution in [3.8, 4) is 11.3 Å². The molecule has 0 saturated carbocycles. The van der Waals surface area contributed by atoms with Crippen LogP contribution in [0.3, 0.4) is 0 Å². The number of rotatable bonds is 1. The van der Waals surface area contributed by atoms with Crippen LogP contribution in [0.5, 0.6) is 0 Å². The number of nitrogens with zero attached hydrogens (tertiary/aromatic N) is 1. The number of fused-ring (bicyclic) bond motifs is 1. The van der Waals surface area contributed by atoms with Crippen molar-refractivity contribution in [3.63, 3.8) is 0 Å². The van der Waals surface area contributed by atoms with Gasteiger partial charge in [-0.25, -0.2) is 9.37 Å². The molecule has 0 aliphatic heterocycles. The maximum atomic E-state index is 13.2. The SMILES string of the molecule is Cc1cc2cc(F)ccc2nc1-c1ccccc1. The van der Waals surface area contributed by atoms with Crippen LogP contribution in [0.2, 0.25) is 0 Å². The third-order valence-electron chi connectivity index (χ3n) is 3.01. The lowest BCUT2D eigenvalue weighted by Crippen LogP contribution is -1.90. The summed E-state index contributed by atoms with van der Waals surface area (Å²) in [6, 6.07) is 16.7. The summed E-state index contributed by atoms with van der Waals surface area (Å²) < 4.78 is 13.2.